The van der Waals surface area contributed by atoms with E-state index in [0.717, 1.165) is 6.42 Å². The number of hydrogen-bond donors (Lipinski definition) is 2. The van der Waals surface area contributed by atoms with Crippen molar-refractivity contribution in [3.63, 3.8) is 0 Å². The van der Waals surface area contributed by atoms with E-state index < -0.39 is 0 Å². The van der Waals surface area contributed by atoms with Gasteiger partial charge in [0.15, 0.2) is 0 Å². The Kier molecular flexibility index (Phi) is 6.53. The molecule has 1 amide bonds. The smallest absolute Gasteiger partial charge is 0.223 e. The third kappa shape index (κ3) is 8.25. The molecule has 2 N–H and O–H groups in total. The van der Waals surface area contributed by atoms with Gasteiger partial charge in [0, 0.05) is 23.0 Å². The maximum absolute atomic E-state index is 12.0. The van der Waals surface area contributed by atoms with E-state index in [1.54, 1.807) is 0 Å². The van der Waals surface area contributed by atoms with Gasteiger partial charge in [0.2, 0.25) is 5.91 Å². The molecule has 0 aliphatic carbocycles. The lowest BCUT2D eigenvalue weighted by Gasteiger charge is -2.37. The lowest BCUT2D eigenvalue weighted by Crippen LogP contribution is -2.53. The van der Waals surface area contributed by atoms with Crippen molar-refractivity contribution in [2.45, 2.75) is 85.9 Å². The summed E-state index contributed by atoms with van der Waals surface area (Å²) in [6.45, 7) is 19.1. The molecule has 19 heavy (non-hydrogen) atoms. The molecule has 0 radical (unpaired) electrons. The monoisotopic (exact) mass is 270 g/mol. The first kappa shape index (κ1) is 18.4. The van der Waals surface area contributed by atoms with Crippen molar-refractivity contribution >= 4 is 5.91 Å². The molecular weight excluding hydrogens is 236 g/mol. The van der Waals surface area contributed by atoms with Crippen molar-refractivity contribution in [1.29, 1.82) is 0 Å². The lowest BCUT2D eigenvalue weighted by atomic mass is 9.91. The standard InChI is InChI=1S/C16H34N2O/c1-11(2)13(4)14(19)17-12(3)10-16(8,9)18-15(5,6)7/h11-13,18H,10H2,1-9H3,(H,17,19). The van der Waals surface area contributed by atoms with Gasteiger partial charge in [-0.15, -0.1) is 0 Å². The molecule has 0 aliphatic rings. The fraction of sp³-hybridized carbons (Fsp3) is 0.938. The molecule has 114 valence electrons. The van der Waals surface area contributed by atoms with E-state index in [4.69, 9.17) is 0 Å². The van der Waals surface area contributed by atoms with Gasteiger partial charge < -0.3 is 10.6 Å². The number of carbonyl (C=O) groups is 1. The summed E-state index contributed by atoms with van der Waals surface area (Å²) in [5.41, 5.74) is 0.0878. The van der Waals surface area contributed by atoms with Crippen molar-refractivity contribution in [3.8, 4) is 0 Å². The van der Waals surface area contributed by atoms with E-state index >= 15 is 0 Å². The summed E-state index contributed by atoms with van der Waals surface area (Å²) in [5.74, 6) is 0.614. The van der Waals surface area contributed by atoms with Gasteiger partial charge in [-0.3, -0.25) is 4.79 Å². The van der Waals surface area contributed by atoms with Gasteiger partial charge >= 0.3 is 0 Å². The molecule has 3 nitrogen and oxygen atoms in total. The van der Waals surface area contributed by atoms with Crippen molar-refractivity contribution in [2.24, 2.45) is 11.8 Å². The van der Waals surface area contributed by atoms with Crippen molar-refractivity contribution < 1.29 is 4.79 Å². The summed E-state index contributed by atoms with van der Waals surface area (Å²) in [5, 5.41) is 6.72. The minimum absolute atomic E-state index is 0.00597. The Bertz CT molecular complexity index is 290. The Morgan fingerprint density at radius 1 is 1.00 bits per heavy atom. The van der Waals surface area contributed by atoms with Crippen LogP contribution >= 0.6 is 0 Å². The highest BCUT2D eigenvalue weighted by molar-refractivity contribution is 5.78. The largest absolute Gasteiger partial charge is 0.353 e. The van der Waals surface area contributed by atoms with Crippen molar-refractivity contribution in [1.82, 2.24) is 10.6 Å². The molecule has 0 saturated carbocycles. The van der Waals surface area contributed by atoms with Gasteiger partial charge in [-0.1, -0.05) is 20.8 Å². The summed E-state index contributed by atoms with van der Waals surface area (Å²) < 4.78 is 0. The Labute approximate surface area is 119 Å². The first-order valence-electron chi connectivity index (χ1n) is 7.44. The quantitative estimate of drug-likeness (QED) is 0.777. The van der Waals surface area contributed by atoms with Gasteiger partial charge in [-0.05, 0) is 53.9 Å². The van der Waals surface area contributed by atoms with E-state index in [1.807, 2.05) is 6.92 Å². The molecule has 0 saturated heterocycles. The normalized spacial score (nSPS) is 16.3. The van der Waals surface area contributed by atoms with E-state index in [0.29, 0.717) is 5.92 Å². The number of nitrogens with one attached hydrogen (secondary N) is 2. The molecular formula is C16H34N2O. The molecule has 0 bridgehead atoms. The highest BCUT2D eigenvalue weighted by Gasteiger charge is 2.27. The predicted molar refractivity (Wildman–Crippen MR) is 83.2 cm³/mol. The molecule has 0 aliphatic heterocycles. The second kappa shape index (κ2) is 6.74. The summed E-state index contributed by atoms with van der Waals surface area (Å²) in [6.07, 6.45) is 0.917. The first-order chi connectivity index (χ1) is 8.34. The maximum atomic E-state index is 12.0. The highest BCUT2D eigenvalue weighted by atomic mass is 16.1. The van der Waals surface area contributed by atoms with Gasteiger partial charge in [0.05, 0.1) is 0 Å². The molecule has 3 heteroatoms. The van der Waals surface area contributed by atoms with E-state index in [1.165, 1.54) is 0 Å². The summed E-state index contributed by atoms with van der Waals surface area (Å²) >= 11 is 0. The van der Waals surface area contributed by atoms with Gasteiger partial charge in [-0.25, -0.2) is 0 Å². The first-order valence-corrected chi connectivity index (χ1v) is 7.44. The van der Waals surface area contributed by atoms with Gasteiger partial charge in [-0.2, -0.15) is 0 Å². The molecule has 0 rings (SSSR count). The summed E-state index contributed by atoms with van der Waals surface area (Å²) in [6, 6.07) is 0.179. The Hall–Kier alpha value is -0.570. The van der Waals surface area contributed by atoms with Crippen LogP contribution in [0.1, 0.15) is 68.7 Å². The second-order valence-corrected chi connectivity index (χ2v) is 7.91. The molecule has 0 aromatic carbocycles. The fourth-order valence-corrected chi connectivity index (χ4v) is 2.56. The molecule has 2 atom stereocenters. The van der Waals surface area contributed by atoms with Crippen LogP contribution in [0, 0.1) is 11.8 Å². The highest BCUT2D eigenvalue weighted by Crippen LogP contribution is 2.17. The SMILES string of the molecule is CC(CC(C)(C)NC(C)(C)C)NC(=O)C(C)C(C)C. The van der Waals surface area contributed by atoms with E-state index in [2.05, 4.69) is 66.0 Å². The zero-order chi connectivity index (χ0) is 15.4. The van der Waals surface area contributed by atoms with Crippen molar-refractivity contribution in [3.05, 3.63) is 0 Å². The topological polar surface area (TPSA) is 41.1 Å². The Morgan fingerprint density at radius 2 is 1.47 bits per heavy atom. The Balaban J connectivity index is 4.38. The van der Waals surface area contributed by atoms with Crippen LogP contribution in [0.5, 0.6) is 0 Å². The number of rotatable bonds is 6. The van der Waals surface area contributed by atoms with Gasteiger partial charge in [0.25, 0.3) is 0 Å². The summed E-state index contributed by atoms with van der Waals surface area (Å²) in [4.78, 5) is 12.0. The van der Waals surface area contributed by atoms with Crippen LogP contribution in [0.3, 0.4) is 0 Å². The summed E-state index contributed by atoms with van der Waals surface area (Å²) in [7, 11) is 0. The minimum Gasteiger partial charge on any atom is -0.353 e. The van der Waals surface area contributed by atoms with Crippen LogP contribution in [0.15, 0.2) is 0 Å². The zero-order valence-electron chi connectivity index (χ0n) is 14.3. The third-order valence-electron chi connectivity index (χ3n) is 3.33. The van der Waals surface area contributed by atoms with Crippen LogP contribution in [-0.4, -0.2) is 23.0 Å². The molecule has 0 aromatic heterocycles. The average molecular weight is 270 g/mol. The van der Waals surface area contributed by atoms with E-state index in [-0.39, 0.29) is 28.9 Å². The minimum atomic E-state index is 0.00597. The van der Waals surface area contributed by atoms with Crippen LogP contribution in [0.25, 0.3) is 0 Å². The second-order valence-electron chi connectivity index (χ2n) is 7.91. The fourth-order valence-electron chi connectivity index (χ4n) is 2.56. The molecule has 2 unspecified atom stereocenters. The molecule has 0 spiro atoms. The van der Waals surface area contributed by atoms with E-state index in [9.17, 15) is 4.79 Å². The number of carbonyl (C=O) groups excluding carboxylic acids is 1. The van der Waals surface area contributed by atoms with Crippen LogP contribution < -0.4 is 10.6 Å². The Morgan fingerprint density at radius 3 is 1.84 bits per heavy atom. The van der Waals surface area contributed by atoms with Crippen molar-refractivity contribution in [2.75, 3.05) is 0 Å². The third-order valence-corrected chi connectivity index (χ3v) is 3.33. The molecule has 0 aromatic rings. The molecule has 0 fully saturated rings. The predicted octanol–water partition coefficient (Wildman–Crippen LogP) is 3.34. The zero-order valence-corrected chi connectivity index (χ0v) is 14.3. The lowest BCUT2D eigenvalue weighted by molar-refractivity contribution is -0.126. The van der Waals surface area contributed by atoms with Gasteiger partial charge in [0.1, 0.15) is 0 Å². The van der Waals surface area contributed by atoms with Crippen LogP contribution in [0.4, 0.5) is 0 Å². The molecule has 0 heterocycles. The van der Waals surface area contributed by atoms with Crippen LogP contribution in [-0.2, 0) is 4.79 Å². The number of amides is 1. The maximum Gasteiger partial charge on any atom is 0.223 e. The number of hydrogen-bond acceptors (Lipinski definition) is 2. The average Bonchev–Trinajstić information content (AvgIpc) is 2.10. The van der Waals surface area contributed by atoms with Crippen LogP contribution in [0.2, 0.25) is 0 Å².